The highest BCUT2D eigenvalue weighted by molar-refractivity contribution is 6.32. The summed E-state index contributed by atoms with van der Waals surface area (Å²) in [6.45, 7) is 15.4. The lowest BCUT2D eigenvalue weighted by Crippen LogP contribution is -2.59. The summed E-state index contributed by atoms with van der Waals surface area (Å²) in [6, 6.07) is 23.8. The molecule has 0 aromatic heterocycles. The predicted molar refractivity (Wildman–Crippen MR) is 218 cm³/mol. The van der Waals surface area contributed by atoms with Crippen molar-refractivity contribution in [2.75, 3.05) is 32.8 Å². The molecule has 2 atom stereocenters. The zero-order valence-corrected chi connectivity index (χ0v) is 32.9. The Morgan fingerprint density at radius 2 is 1.84 bits per heavy atom. The molecule has 8 nitrogen and oxygen atoms in total. The number of nitrogens with one attached hydrogen (secondary N) is 1. The lowest BCUT2D eigenvalue weighted by atomic mass is 9.63. The molecule has 1 spiro atoms. The van der Waals surface area contributed by atoms with Gasteiger partial charge in [-0.05, 0) is 127 Å². The highest BCUT2D eigenvalue weighted by Gasteiger charge is 2.46. The number of hydrogen-bond donors (Lipinski definition) is 1. The summed E-state index contributed by atoms with van der Waals surface area (Å²) in [5.74, 6) is 2.75. The molecule has 56 heavy (non-hydrogen) atoms. The molecule has 0 bridgehead atoms. The molecule has 0 unspecified atom stereocenters. The molecule has 3 aliphatic carbocycles. The Bertz CT molecular complexity index is 2160. The Kier molecular flexibility index (Phi) is 11.3. The number of hydrogen-bond acceptors (Lipinski definition) is 7. The number of benzene rings is 4. The Labute approximate surface area is 335 Å². The lowest BCUT2D eigenvalue weighted by Gasteiger charge is -2.56. The molecule has 1 saturated heterocycles. The number of carbonyl (C=O) groups excluding carboxylic acids is 1. The standard InChI is InChI=1S/C47H49ClN4O4/c1-31-38(7-4-10-43(31)54-18-6-17-52-29-47(30-52)15-5-16-47)39-8-3-9-41-40(39)13-14-44(41)56-46-24-45(55-28-34-19-33(25-49)20-36(21-34)50-2)35(23-42(46)48)27-51-26-32-11-12-37(53)22-32/h3-4,7-10,19-21,23-24,32,44,51H,5-6,11-18,22,26-30H2,1H3/t32-,44-/m0/s1. The second-order valence-electron chi connectivity index (χ2n) is 16.3. The number of Topliss-reactive ketones (excluding diaryl/α,β-unsaturated/α-hetero) is 1. The van der Waals surface area contributed by atoms with Crippen LogP contribution in [0, 0.1) is 36.2 Å². The molecule has 4 aromatic rings. The van der Waals surface area contributed by atoms with Crippen molar-refractivity contribution in [1.82, 2.24) is 10.2 Å². The van der Waals surface area contributed by atoms with Gasteiger partial charge in [0.2, 0.25) is 0 Å². The molecular weight excluding hydrogens is 720 g/mol. The minimum absolute atomic E-state index is 0.167. The van der Waals surface area contributed by atoms with Crippen molar-refractivity contribution >= 4 is 23.1 Å². The number of ether oxygens (including phenoxy) is 3. The van der Waals surface area contributed by atoms with E-state index in [2.05, 4.69) is 64.5 Å². The van der Waals surface area contributed by atoms with Gasteiger partial charge in [0.1, 0.15) is 35.7 Å². The van der Waals surface area contributed by atoms with E-state index >= 15 is 0 Å². The van der Waals surface area contributed by atoms with E-state index in [9.17, 15) is 10.1 Å². The minimum Gasteiger partial charge on any atom is -0.493 e. The first-order valence-electron chi connectivity index (χ1n) is 20.1. The van der Waals surface area contributed by atoms with E-state index in [-0.39, 0.29) is 12.7 Å². The fourth-order valence-electron chi connectivity index (χ4n) is 9.19. The van der Waals surface area contributed by atoms with Crippen LogP contribution in [0.3, 0.4) is 0 Å². The minimum atomic E-state index is -0.187. The molecule has 0 radical (unpaired) electrons. The molecule has 8 rings (SSSR count). The van der Waals surface area contributed by atoms with Crippen LogP contribution in [0.25, 0.3) is 16.0 Å². The van der Waals surface area contributed by atoms with E-state index in [4.69, 9.17) is 32.4 Å². The maximum Gasteiger partial charge on any atom is 0.188 e. The van der Waals surface area contributed by atoms with Crippen LogP contribution in [0.1, 0.15) is 90.9 Å². The topological polar surface area (TPSA) is 88.2 Å². The van der Waals surface area contributed by atoms with Gasteiger partial charge in [0.05, 0.1) is 24.3 Å². The zero-order chi connectivity index (χ0) is 38.6. The number of ketones is 1. The van der Waals surface area contributed by atoms with Crippen molar-refractivity contribution in [1.29, 1.82) is 5.26 Å². The Hall–Kier alpha value is -4.86. The molecule has 1 aliphatic heterocycles. The number of carbonyl (C=O) groups is 1. The molecule has 3 fully saturated rings. The van der Waals surface area contributed by atoms with Gasteiger partial charge in [-0.15, -0.1) is 0 Å². The van der Waals surface area contributed by atoms with Gasteiger partial charge in [-0.2, -0.15) is 5.26 Å². The van der Waals surface area contributed by atoms with Crippen LogP contribution in [0.4, 0.5) is 5.69 Å². The number of nitrogens with zero attached hydrogens (tertiary/aromatic N) is 3. The summed E-state index contributed by atoms with van der Waals surface area (Å²) < 4.78 is 19.5. The number of rotatable bonds is 15. The quantitative estimate of drug-likeness (QED) is 0.0952. The molecule has 2 saturated carbocycles. The van der Waals surface area contributed by atoms with Crippen molar-refractivity contribution < 1.29 is 19.0 Å². The van der Waals surface area contributed by atoms with E-state index in [1.54, 1.807) is 18.2 Å². The molecule has 288 valence electrons. The smallest absolute Gasteiger partial charge is 0.188 e. The molecule has 1 heterocycles. The SMILES string of the molecule is [C-]#[N+]c1cc(C#N)cc(COc2cc(O[C@H]3CCc4c(-c5cccc(OCCCN6CC7(CCC7)C6)c5C)cccc43)c(Cl)cc2CNC[C@H]2CCC(=O)C2)c1. The average Bonchev–Trinajstić information content (AvgIpc) is 3.79. The number of fused-ring (bicyclic) bond motifs is 1. The second kappa shape index (κ2) is 16.7. The number of halogens is 1. The van der Waals surface area contributed by atoms with Crippen LogP contribution >= 0.6 is 11.6 Å². The van der Waals surface area contributed by atoms with Crippen molar-refractivity contribution in [2.45, 2.75) is 84.0 Å². The summed E-state index contributed by atoms with van der Waals surface area (Å²) in [5, 5.41) is 13.5. The van der Waals surface area contributed by atoms with Crippen molar-refractivity contribution in [2.24, 2.45) is 11.3 Å². The Morgan fingerprint density at radius 1 is 1.00 bits per heavy atom. The van der Waals surface area contributed by atoms with E-state index in [1.165, 1.54) is 49.0 Å². The molecule has 9 heteroatoms. The van der Waals surface area contributed by atoms with Crippen LogP contribution in [-0.2, 0) is 24.4 Å². The first-order chi connectivity index (χ1) is 27.3. The van der Waals surface area contributed by atoms with Gasteiger partial charge < -0.3 is 24.4 Å². The highest BCUT2D eigenvalue weighted by atomic mass is 35.5. The third-order valence-electron chi connectivity index (χ3n) is 12.3. The Morgan fingerprint density at radius 3 is 2.61 bits per heavy atom. The summed E-state index contributed by atoms with van der Waals surface area (Å²) in [7, 11) is 0. The summed E-state index contributed by atoms with van der Waals surface area (Å²) >= 11 is 6.96. The van der Waals surface area contributed by atoms with E-state index in [0.29, 0.717) is 70.9 Å². The van der Waals surface area contributed by atoms with Crippen LogP contribution in [-0.4, -0.2) is 43.5 Å². The normalized spacial score (nSPS) is 19.5. The molecule has 0 amide bonds. The van der Waals surface area contributed by atoms with Crippen molar-refractivity contribution in [3.63, 3.8) is 0 Å². The van der Waals surface area contributed by atoms with Crippen LogP contribution in [0.15, 0.2) is 66.7 Å². The Balaban J connectivity index is 0.971. The van der Waals surface area contributed by atoms with Gasteiger partial charge in [-0.1, -0.05) is 48.4 Å². The zero-order valence-electron chi connectivity index (χ0n) is 32.2. The van der Waals surface area contributed by atoms with Gasteiger partial charge in [0.25, 0.3) is 0 Å². The van der Waals surface area contributed by atoms with Crippen LogP contribution in [0.5, 0.6) is 17.2 Å². The van der Waals surface area contributed by atoms with Gasteiger partial charge in [-0.3, -0.25) is 4.79 Å². The predicted octanol–water partition coefficient (Wildman–Crippen LogP) is 10.1. The summed E-state index contributed by atoms with van der Waals surface area (Å²) in [6.07, 6.45) is 8.95. The number of likely N-dealkylation sites (tertiary alicyclic amines) is 1. The van der Waals surface area contributed by atoms with E-state index in [1.807, 2.05) is 12.1 Å². The molecule has 4 aromatic carbocycles. The van der Waals surface area contributed by atoms with Gasteiger partial charge in [-0.25, -0.2) is 4.85 Å². The molecule has 1 N–H and O–H groups in total. The third kappa shape index (κ3) is 8.30. The first kappa shape index (κ1) is 38.0. The van der Waals surface area contributed by atoms with E-state index < -0.39 is 0 Å². The third-order valence-corrected chi connectivity index (χ3v) is 12.6. The maximum atomic E-state index is 11.8. The van der Waals surface area contributed by atoms with Crippen LogP contribution < -0.4 is 19.5 Å². The van der Waals surface area contributed by atoms with Gasteiger partial charge in [0, 0.05) is 56.2 Å². The fraction of sp³-hybridized carbons (Fsp3) is 0.426. The fourth-order valence-corrected chi connectivity index (χ4v) is 9.42. The van der Waals surface area contributed by atoms with Gasteiger partial charge in [0.15, 0.2) is 5.69 Å². The van der Waals surface area contributed by atoms with Crippen LogP contribution in [0.2, 0.25) is 5.02 Å². The number of nitriles is 1. The summed E-state index contributed by atoms with van der Waals surface area (Å²) in [4.78, 5) is 18.0. The molecular formula is C47H49ClN4O4. The second-order valence-corrected chi connectivity index (χ2v) is 16.7. The highest BCUT2D eigenvalue weighted by Crippen LogP contribution is 2.48. The molecule has 4 aliphatic rings. The summed E-state index contributed by atoms with van der Waals surface area (Å²) in [5.41, 5.74) is 9.05. The van der Waals surface area contributed by atoms with Gasteiger partial charge >= 0.3 is 0 Å². The monoisotopic (exact) mass is 768 g/mol. The first-order valence-corrected chi connectivity index (χ1v) is 20.5. The lowest BCUT2D eigenvalue weighted by molar-refractivity contribution is -0.117. The maximum absolute atomic E-state index is 11.8. The van der Waals surface area contributed by atoms with Crippen molar-refractivity contribution in [3.8, 4) is 34.4 Å². The average molecular weight is 769 g/mol. The van der Waals surface area contributed by atoms with E-state index in [0.717, 1.165) is 66.8 Å². The largest absolute Gasteiger partial charge is 0.493 e. The van der Waals surface area contributed by atoms with Crippen molar-refractivity contribution in [3.05, 3.63) is 117 Å².